The van der Waals surface area contributed by atoms with Crippen LogP contribution in [0.4, 0.5) is 5.69 Å². The summed E-state index contributed by atoms with van der Waals surface area (Å²) in [5, 5.41) is 8.09. The zero-order valence-electron chi connectivity index (χ0n) is 15.0. The first-order valence-corrected chi connectivity index (χ1v) is 9.01. The van der Waals surface area contributed by atoms with Gasteiger partial charge >= 0.3 is 0 Å². The van der Waals surface area contributed by atoms with E-state index in [9.17, 15) is 4.79 Å². The van der Waals surface area contributed by atoms with E-state index in [1.807, 2.05) is 55.6 Å². The Kier molecular flexibility index (Phi) is 4.70. The van der Waals surface area contributed by atoms with E-state index in [2.05, 4.69) is 26.5 Å². The van der Waals surface area contributed by atoms with Gasteiger partial charge in [-0.2, -0.15) is 4.98 Å². The molecule has 2 N–H and O–H groups in total. The molecule has 2 aromatic carbocycles. The maximum Gasteiger partial charge on any atom is 0.226 e. The summed E-state index contributed by atoms with van der Waals surface area (Å²) in [6, 6.07) is 15.6. The molecule has 4 rings (SSSR count). The molecule has 0 aliphatic rings. The molecule has 0 saturated heterocycles. The smallest absolute Gasteiger partial charge is 0.226 e. The Labute approximate surface area is 156 Å². The maximum atomic E-state index is 12.4. The van der Waals surface area contributed by atoms with Crippen molar-refractivity contribution in [1.29, 1.82) is 0 Å². The molecule has 0 saturated carbocycles. The largest absolute Gasteiger partial charge is 0.361 e. The van der Waals surface area contributed by atoms with Gasteiger partial charge in [0, 0.05) is 41.2 Å². The Morgan fingerprint density at radius 3 is 2.93 bits per heavy atom. The molecule has 0 unspecified atom stereocenters. The summed E-state index contributed by atoms with van der Waals surface area (Å²) in [5.74, 6) is 1.10. The van der Waals surface area contributed by atoms with Gasteiger partial charge in [0.25, 0.3) is 0 Å². The summed E-state index contributed by atoms with van der Waals surface area (Å²) in [5.41, 5.74) is 3.77. The summed E-state index contributed by atoms with van der Waals surface area (Å²) < 4.78 is 5.15. The van der Waals surface area contributed by atoms with Crippen molar-refractivity contribution in [3.63, 3.8) is 0 Å². The van der Waals surface area contributed by atoms with Gasteiger partial charge in [0.1, 0.15) is 0 Å². The fraction of sp³-hybridized carbons (Fsp3) is 0.190. The average Bonchev–Trinajstić information content (AvgIpc) is 3.34. The molecule has 0 fully saturated rings. The second-order valence-electron chi connectivity index (χ2n) is 6.35. The first-order valence-electron chi connectivity index (χ1n) is 9.01. The predicted molar refractivity (Wildman–Crippen MR) is 104 cm³/mol. The van der Waals surface area contributed by atoms with Crippen LogP contribution < -0.4 is 5.32 Å². The van der Waals surface area contributed by atoms with Gasteiger partial charge in [0.05, 0.1) is 0 Å². The number of H-pyrrole nitrogens is 1. The van der Waals surface area contributed by atoms with Gasteiger partial charge in [-0.05, 0) is 30.2 Å². The first kappa shape index (κ1) is 17.0. The molecule has 6 heteroatoms. The lowest BCUT2D eigenvalue weighted by Crippen LogP contribution is -2.12. The van der Waals surface area contributed by atoms with Crippen LogP contribution in [0.1, 0.15) is 24.8 Å². The minimum Gasteiger partial charge on any atom is -0.361 e. The van der Waals surface area contributed by atoms with Crippen molar-refractivity contribution in [2.45, 2.75) is 26.2 Å². The Balaban J connectivity index is 1.41. The zero-order valence-corrected chi connectivity index (χ0v) is 15.0. The molecule has 0 radical (unpaired) electrons. The number of hydrogen-bond acceptors (Lipinski definition) is 4. The molecule has 0 aliphatic heterocycles. The summed E-state index contributed by atoms with van der Waals surface area (Å²) >= 11 is 0. The Hall–Kier alpha value is -3.41. The highest BCUT2D eigenvalue weighted by Gasteiger charge is 2.10. The molecule has 4 aromatic rings. The van der Waals surface area contributed by atoms with Gasteiger partial charge in [-0.15, -0.1) is 0 Å². The van der Waals surface area contributed by atoms with Gasteiger partial charge < -0.3 is 14.8 Å². The molecule has 2 aromatic heterocycles. The van der Waals surface area contributed by atoms with Crippen LogP contribution in [0.5, 0.6) is 0 Å². The maximum absolute atomic E-state index is 12.4. The van der Waals surface area contributed by atoms with Crippen LogP contribution in [-0.4, -0.2) is 21.0 Å². The zero-order chi connectivity index (χ0) is 18.6. The highest BCUT2D eigenvalue weighted by atomic mass is 16.5. The van der Waals surface area contributed by atoms with Crippen LogP contribution in [0.15, 0.2) is 59.3 Å². The van der Waals surface area contributed by atoms with E-state index in [0.29, 0.717) is 31.0 Å². The Morgan fingerprint density at radius 2 is 2.07 bits per heavy atom. The molecular weight excluding hydrogens is 340 g/mol. The van der Waals surface area contributed by atoms with Crippen LogP contribution >= 0.6 is 0 Å². The van der Waals surface area contributed by atoms with Gasteiger partial charge in [0.15, 0.2) is 0 Å². The highest BCUT2D eigenvalue weighted by molar-refractivity contribution is 5.92. The lowest BCUT2D eigenvalue weighted by atomic mass is 10.1. The van der Waals surface area contributed by atoms with Gasteiger partial charge in [-0.1, -0.05) is 42.4 Å². The fourth-order valence-electron chi connectivity index (χ4n) is 3.06. The van der Waals surface area contributed by atoms with E-state index in [1.165, 1.54) is 0 Å². The number of aromatic nitrogens is 3. The molecule has 136 valence electrons. The lowest BCUT2D eigenvalue weighted by molar-refractivity contribution is -0.116. The van der Waals surface area contributed by atoms with Crippen LogP contribution in [0.2, 0.25) is 0 Å². The minimum absolute atomic E-state index is 0.0280. The van der Waals surface area contributed by atoms with Gasteiger partial charge in [-0.3, -0.25) is 4.79 Å². The van der Waals surface area contributed by atoms with Crippen LogP contribution in [0.3, 0.4) is 0 Å². The molecule has 27 heavy (non-hydrogen) atoms. The number of anilines is 1. The number of carbonyl (C=O) groups is 1. The van der Waals surface area contributed by atoms with E-state index in [1.54, 1.807) is 0 Å². The average molecular weight is 360 g/mol. The standard InChI is InChI=1S/C21H20N4O2/c1-2-20-24-21(25-27-20)14-6-5-7-16(12-14)23-19(26)11-10-15-13-22-18-9-4-3-8-17(15)18/h3-9,12-13,22H,2,10-11H2,1H3,(H,23,26). The number of nitrogens with zero attached hydrogens (tertiary/aromatic N) is 2. The number of benzene rings is 2. The van der Waals surface area contributed by atoms with Crippen molar-refractivity contribution in [2.75, 3.05) is 5.32 Å². The number of carbonyl (C=O) groups excluding carboxylic acids is 1. The Bertz CT molecular complexity index is 1080. The summed E-state index contributed by atoms with van der Waals surface area (Å²) in [7, 11) is 0. The van der Waals surface area contributed by atoms with Gasteiger partial charge in [0.2, 0.25) is 17.6 Å². The number of aryl methyl sites for hydroxylation is 2. The predicted octanol–water partition coefficient (Wildman–Crippen LogP) is 4.35. The minimum atomic E-state index is -0.0280. The normalized spacial score (nSPS) is 11.0. The topological polar surface area (TPSA) is 83.8 Å². The number of nitrogens with one attached hydrogen (secondary N) is 2. The third-order valence-corrected chi connectivity index (χ3v) is 4.47. The SMILES string of the molecule is CCc1nc(-c2cccc(NC(=O)CCc3c[nH]c4ccccc34)c2)no1. The fourth-order valence-corrected chi connectivity index (χ4v) is 3.06. The van der Waals surface area contributed by atoms with Crippen molar-refractivity contribution < 1.29 is 9.32 Å². The molecule has 0 aliphatic carbocycles. The molecule has 6 nitrogen and oxygen atoms in total. The molecule has 0 spiro atoms. The summed E-state index contributed by atoms with van der Waals surface area (Å²) in [6.07, 6.45) is 3.76. The van der Waals surface area contributed by atoms with E-state index in [0.717, 1.165) is 27.7 Å². The molecule has 0 bridgehead atoms. The van der Waals surface area contributed by atoms with E-state index < -0.39 is 0 Å². The number of amides is 1. The van der Waals surface area contributed by atoms with Crippen molar-refractivity contribution >= 4 is 22.5 Å². The molecular formula is C21H20N4O2. The number of aromatic amines is 1. The lowest BCUT2D eigenvalue weighted by Gasteiger charge is -2.06. The molecule has 0 atom stereocenters. The third kappa shape index (κ3) is 3.74. The van der Waals surface area contributed by atoms with E-state index in [4.69, 9.17) is 4.52 Å². The number of rotatable bonds is 6. The quantitative estimate of drug-likeness (QED) is 0.535. The van der Waals surface area contributed by atoms with Crippen LogP contribution in [0, 0.1) is 0 Å². The van der Waals surface area contributed by atoms with Gasteiger partial charge in [-0.25, -0.2) is 0 Å². The first-order chi connectivity index (χ1) is 13.2. The monoisotopic (exact) mass is 360 g/mol. The number of para-hydroxylation sites is 1. The second-order valence-corrected chi connectivity index (χ2v) is 6.35. The molecule has 2 heterocycles. The van der Waals surface area contributed by atoms with E-state index in [-0.39, 0.29) is 5.91 Å². The summed E-state index contributed by atoms with van der Waals surface area (Å²) in [6.45, 7) is 1.96. The van der Waals surface area contributed by atoms with Crippen LogP contribution in [-0.2, 0) is 17.6 Å². The Morgan fingerprint density at radius 1 is 1.19 bits per heavy atom. The molecule has 1 amide bonds. The highest BCUT2D eigenvalue weighted by Crippen LogP contribution is 2.22. The van der Waals surface area contributed by atoms with Crippen molar-refractivity contribution in [2.24, 2.45) is 0 Å². The number of fused-ring (bicyclic) bond motifs is 1. The van der Waals surface area contributed by atoms with E-state index >= 15 is 0 Å². The number of hydrogen-bond donors (Lipinski definition) is 2. The second kappa shape index (κ2) is 7.45. The van der Waals surface area contributed by atoms with Crippen molar-refractivity contribution in [3.05, 3.63) is 66.2 Å². The van der Waals surface area contributed by atoms with Crippen molar-refractivity contribution in [3.8, 4) is 11.4 Å². The van der Waals surface area contributed by atoms with Crippen LogP contribution in [0.25, 0.3) is 22.3 Å². The summed E-state index contributed by atoms with van der Waals surface area (Å²) in [4.78, 5) is 19.9. The third-order valence-electron chi connectivity index (χ3n) is 4.47. The van der Waals surface area contributed by atoms with Crippen molar-refractivity contribution in [1.82, 2.24) is 15.1 Å².